The summed E-state index contributed by atoms with van der Waals surface area (Å²) in [5.74, 6) is -0.760. The van der Waals surface area contributed by atoms with Crippen LogP contribution in [0, 0.1) is 11.8 Å². The van der Waals surface area contributed by atoms with Crippen LogP contribution in [0.3, 0.4) is 0 Å². The first-order valence-electron chi connectivity index (χ1n) is 10.6. The van der Waals surface area contributed by atoms with Crippen LogP contribution in [0.2, 0.25) is 0 Å². The van der Waals surface area contributed by atoms with E-state index in [9.17, 15) is 15.0 Å². The Bertz CT molecular complexity index is 1120. The van der Waals surface area contributed by atoms with Crippen LogP contribution in [0.15, 0.2) is 36.9 Å². The van der Waals surface area contributed by atoms with Crippen molar-refractivity contribution in [1.29, 1.82) is 0 Å². The number of benzene rings is 1. The normalized spacial score (nSPS) is 23.5. The third kappa shape index (κ3) is 4.22. The van der Waals surface area contributed by atoms with E-state index in [1.54, 1.807) is 23.8 Å². The zero-order chi connectivity index (χ0) is 23.7. The minimum Gasteiger partial charge on any atom is -0.497 e. The van der Waals surface area contributed by atoms with Crippen LogP contribution in [0.5, 0.6) is 5.75 Å². The summed E-state index contributed by atoms with van der Waals surface area (Å²) in [6.45, 7) is -0.380. The number of imidazole rings is 1. The maximum Gasteiger partial charge on any atom is 0.221 e. The highest BCUT2D eigenvalue weighted by atomic mass is 16.5. The molecule has 0 radical (unpaired) electrons. The van der Waals surface area contributed by atoms with Crippen molar-refractivity contribution in [3.8, 4) is 5.75 Å². The number of anilines is 1. The molecule has 33 heavy (non-hydrogen) atoms. The molecule has 176 valence electrons. The van der Waals surface area contributed by atoms with Gasteiger partial charge in [0.15, 0.2) is 23.2 Å². The van der Waals surface area contributed by atoms with Gasteiger partial charge in [0, 0.05) is 25.9 Å². The van der Waals surface area contributed by atoms with Gasteiger partial charge in [0.05, 0.1) is 26.1 Å². The van der Waals surface area contributed by atoms with E-state index in [0.717, 1.165) is 5.56 Å². The second-order valence-electron chi connectivity index (χ2n) is 8.29. The molecule has 11 heteroatoms. The number of fused-ring (bicyclic) bond motifs is 1. The molecule has 1 saturated heterocycles. The van der Waals surface area contributed by atoms with Crippen LogP contribution in [-0.4, -0.2) is 75.7 Å². The fourth-order valence-corrected chi connectivity index (χ4v) is 4.45. The second kappa shape index (κ2) is 9.30. The third-order valence-corrected chi connectivity index (χ3v) is 6.09. The molecule has 0 aliphatic carbocycles. The molecule has 1 aliphatic rings. The summed E-state index contributed by atoms with van der Waals surface area (Å²) in [6.07, 6.45) is 0.375. The Morgan fingerprint density at radius 3 is 2.61 bits per heavy atom. The molecule has 4 N–H and O–H groups in total. The van der Waals surface area contributed by atoms with E-state index in [2.05, 4.69) is 15.0 Å². The topological polar surface area (TPSA) is 149 Å². The monoisotopic (exact) mass is 456 g/mol. The largest absolute Gasteiger partial charge is 0.497 e. The first-order valence-corrected chi connectivity index (χ1v) is 10.6. The molecule has 1 aliphatic heterocycles. The molecule has 1 fully saturated rings. The number of rotatable bonds is 8. The van der Waals surface area contributed by atoms with Crippen molar-refractivity contribution in [2.75, 3.05) is 32.7 Å². The van der Waals surface area contributed by atoms with E-state index in [1.807, 2.05) is 31.1 Å². The van der Waals surface area contributed by atoms with Crippen molar-refractivity contribution in [2.24, 2.45) is 17.6 Å². The second-order valence-corrected chi connectivity index (χ2v) is 8.29. The number of methoxy groups -OCH3 is 1. The predicted molar refractivity (Wildman–Crippen MR) is 120 cm³/mol. The number of hydrogen-bond donors (Lipinski definition) is 3. The molecule has 1 amide bonds. The molecule has 0 bridgehead atoms. The highest BCUT2D eigenvalue weighted by molar-refractivity contribution is 5.83. The van der Waals surface area contributed by atoms with Crippen molar-refractivity contribution < 1.29 is 24.5 Å². The van der Waals surface area contributed by atoms with Gasteiger partial charge in [0.2, 0.25) is 5.91 Å². The first kappa shape index (κ1) is 22.9. The van der Waals surface area contributed by atoms with E-state index < -0.39 is 36.2 Å². The Morgan fingerprint density at radius 1 is 1.27 bits per heavy atom. The number of primary amides is 1. The third-order valence-electron chi connectivity index (χ3n) is 6.09. The Kier molecular flexibility index (Phi) is 6.45. The summed E-state index contributed by atoms with van der Waals surface area (Å²) in [5.41, 5.74) is 7.62. The fraction of sp³-hybridized carbons (Fsp3) is 0.455. The van der Waals surface area contributed by atoms with Gasteiger partial charge in [-0.15, -0.1) is 0 Å². The van der Waals surface area contributed by atoms with Gasteiger partial charge < -0.3 is 30.3 Å². The highest BCUT2D eigenvalue weighted by Crippen LogP contribution is 2.40. The summed E-state index contributed by atoms with van der Waals surface area (Å²) in [4.78, 5) is 27.2. The summed E-state index contributed by atoms with van der Waals surface area (Å²) < 4.78 is 12.8. The average Bonchev–Trinajstić information content (AvgIpc) is 3.38. The molecule has 4 rings (SSSR count). The summed E-state index contributed by atoms with van der Waals surface area (Å²) in [6, 6.07) is 7.26. The zero-order valence-electron chi connectivity index (χ0n) is 18.7. The van der Waals surface area contributed by atoms with Crippen LogP contribution in [-0.2, 0) is 16.0 Å². The number of carbonyl (C=O) groups is 1. The lowest BCUT2D eigenvalue weighted by Gasteiger charge is -2.26. The van der Waals surface area contributed by atoms with Gasteiger partial charge in [0.25, 0.3) is 0 Å². The molecule has 0 saturated carbocycles. The Hall–Kier alpha value is -3.28. The maximum absolute atomic E-state index is 12.5. The lowest BCUT2D eigenvalue weighted by molar-refractivity contribution is -0.125. The van der Waals surface area contributed by atoms with Crippen LogP contribution in [0.4, 0.5) is 5.82 Å². The molecule has 3 aromatic rings. The van der Waals surface area contributed by atoms with E-state index in [-0.39, 0.29) is 13.0 Å². The van der Waals surface area contributed by atoms with Crippen molar-refractivity contribution in [3.63, 3.8) is 0 Å². The van der Waals surface area contributed by atoms with Crippen LogP contribution in [0.25, 0.3) is 11.2 Å². The number of aliphatic hydroxyl groups excluding tert-OH is 2. The lowest BCUT2D eigenvalue weighted by atomic mass is 9.80. The van der Waals surface area contributed by atoms with E-state index >= 15 is 0 Å². The zero-order valence-corrected chi connectivity index (χ0v) is 18.7. The number of hydrogen-bond acceptors (Lipinski definition) is 9. The Labute approximate surface area is 190 Å². The molecular formula is C22H28N6O5. The fourth-order valence-electron chi connectivity index (χ4n) is 4.45. The van der Waals surface area contributed by atoms with Crippen LogP contribution in [0.1, 0.15) is 11.8 Å². The van der Waals surface area contributed by atoms with Gasteiger partial charge in [-0.05, 0) is 24.1 Å². The maximum atomic E-state index is 12.5. The highest BCUT2D eigenvalue weighted by Gasteiger charge is 2.50. The predicted octanol–water partition coefficient (Wildman–Crippen LogP) is 0.112. The van der Waals surface area contributed by atoms with Crippen molar-refractivity contribution in [3.05, 3.63) is 42.5 Å². The number of ether oxygens (including phenoxy) is 2. The number of nitrogens with two attached hydrogens (primary N) is 1. The molecule has 2 aromatic heterocycles. The van der Waals surface area contributed by atoms with E-state index in [0.29, 0.717) is 22.7 Å². The standard InChI is InChI=1S/C22H28N6O5/c1-27(2)20-17-21(25-10-24-20)28(11-26-17)22-18(30)16(15(9-29)33-22)14(19(23)31)8-12-4-6-13(32-3)7-5-12/h4-7,10-11,14-16,18,22,29-30H,8-9H2,1-3H3,(H2,23,31)/t14?,15-,16?,18-,22-/m1/s1. The number of carbonyl (C=O) groups excluding carboxylic acids is 1. The first-order chi connectivity index (χ1) is 15.8. The number of aromatic nitrogens is 4. The van der Waals surface area contributed by atoms with E-state index in [1.165, 1.54) is 12.7 Å². The van der Waals surface area contributed by atoms with Gasteiger partial charge in [-0.25, -0.2) is 15.0 Å². The minimum absolute atomic E-state index is 0.283. The van der Waals surface area contributed by atoms with Crippen LogP contribution < -0.4 is 15.4 Å². The molecule has 5 atom stereocenters. The Balaban J connectivity index is 1.66. The lowest BCUT2D eigenvalue weighted by Crippen LogP contribution is -2.42. The summed E-state index contributed by atoms with van der Waals surface area (Å²) in [7, 11) is 5.26. The van der Waals surface area contributed by atoms with Crippen molar-refractivity contribution in [2.45, 2.75) is 24.9 Å². The minimum atomic E-state index is -1.13. The van der Waals surface area contributed by atoms with Crippen molar-refractivity contribution in [1.82, 2.24) is 19.5 Å². The number of nitrogens with zero attached hydrogens (tertiary/aromatic N) is 5. The van der Waals surface area contributed by atoms with Gasteiger partial charge in [-0.3, -0.25) is 9.36 Å². The molecule has 0 spiro atoms. The molecule has 1 aromatic carbocycles. The summed E-state index contributed by atoms with van der Waals surface area (Å²) in [5, 5.41) is 21.3. The number of amides is 1. The molecule has 2 unspecified atom stereocenters. The summed E-state index contributed by atoms with van der Waals surface area (Å²) >= 11 is 0. The Morgan fingerprint density at radius 2 is 2.00 bits per heavy atom. The quantitative estimate of drug-likeness (QED) is 0.429. The average molecular weight is 457 g/mol. The van der Waals surface area contributed by atoms with Gasteiger partial charge in [-0.2, -0.15) is 0 Å². The molecular weight excluding hydrogens is 428 g/mol. The molecule has 11 nitrogen and oxygen atoms in total. The number of aliphatic hydroxyl groups is 2. The van der Waals surface area contributed by atoms with E-state index in [4.69, 9.17) is 15.2 Å². The van der Waals surface area contributed by atoms with Crippen LogP contribution >= 0.6 is 0 Å². The van der Waals surface area contributed by atoms with Gasteiger partial charge in [0.1, 0.15) is 18.2 Å². The molecule has 3 heterocycles. The smallest absolute Gasteiger partial charge is 0.221 e. The SMILES string of the molecule is COc1ccc(CC(C(N)=O)C2[C@@H](O)[C@H](n3cnc4c(N(C)C)ncnc43)O[C@@H]2CO)cc1. The van der Waals surface area contributed by atoms with Crippen molar-refractivity contribution >= 4 is 22.9 Å². The van der Waals surface area contributed by atoms with Gasteiger partial charge >= 0.3 is 0 Å². The van der Waals surface area contributed by atoms with Gasteiger partial charge in [-0.1, -0.05) is 12.1 Å².